The Morgan fingerprint density at radius 2 is 2.23 bits per heavy atom. The van der Waals surface area contributed by atoms with E-state index in [0.29, 0.717) is 0 Å². The third kappa shape index (κ3) is 3.61. The molecule has 0 fully saturated rings. The molecule has 0 bridgehead atoms. The van der Waals surface area contributed by atoms with Crippen LogP contribution in [0, 0.1) is 0 Å². The van der Waals surface area contributed by atoms with Gasteiger partial charge in [-0.15, -0.1) is 0 Å². The highest BCUT2D eigenvalue weighted by atomic mass is 16.5. The summed E-state index contributed by atoms with van der Waals surface area (Å²) in [6.07, 6.45) is 6.82. The number of hydrogen-bond acceptors (Lipinski definition) is 3. The number of carbonyl (C=O) groups excluding carboxylic acids is 1. The Labute approximate surface area is 155 Å². The summed E-state index contributed by atoms with van der Waals surface area (Å²) in [5.41, 5.74) is 5.76. The molecular formula is C22H28N2O2. The van der Waals surface area contributed by atoms with Gasteiger partial charge in [-0.05, 0) is 49.6 Å². The monoisotopic (exact) mass is 352 g/mol. The Bertz CT molecular complexity index is 847. The Balaban J connectivity index is 2.16. The van der Waals surface area contributed by atoms with E-state index >= 15 is 0 Å². The second-order valence-corrected chi connectivity index (χ2v) is 7.07. The van der Waals surface area contributed by atoms with Crippen molar-refractivity contribution in [2.45, 2.75) is 38.6 Å². The van der Waals surface area contributed by atoms with Crippen LogP contribution in [0.25, 0.3) is 17.0 Å². The van der Waals surface area contributed by atoms with Crippen LogP contribution in [0.3, 0.4) is 0 Å². The van der Waals surface area contributed by atoms with Gasteiger partial charge < -0.3 is 9.72 Å². The zero-order valence-corrected chi connectivity index (χ0v) is 16.0. The summed E-state index contributed by atoms with van der Waals surface area (Å²) >= 11 is 0. The van der Waals surface area contributed by atoms with Gasteiger partial charge in [-0.2, -0.15) is 0 Å². The summed E-state index contributed by atoms with van der Waals surface area (Å²) in [7, 11) is 3.61. The third-order valence-electron chi connectivity index (χ3n) is 5.28. The van der Waals surface area contributed by atoms with Gasteiger partial charge in [0.2, 0.25) is 0 Å². The van der Waals surface area contributed by atoms with Crippen LogP contribution in [0.2, 0.25) is 0 Å². The molecule has 0 saturated carbocycles. The average molecular weight is 352 g/mol. The number of aromatic nitrogens is 1. The fourth-order valence-corrected chi connectivity index (χ4v) is 3.85. The van der Waals surface area contributed by atoms with Crippen molar-refractivity contribution in [2.75, 3.05) is 20.7 Å². The van der Waals surface area contributed by atoms with Crippen molar-refractivity contribution in [2.24, 2.45) is 0 Å². The van der Waals surface area contributed by atoms with Crippen molar-refractivity contribution in [3.05, 3.63) is 53.2 Å². The van der Waals surface area contributed by atoms with Crippen LogP contribution in [-0.4, -0.2) is 36.6 Å². The number of nitrogens with zero attached hydrogens (tertiary/aromatic N) is 1. The first-order chi connectivity index (χ1) is 12.6. The van der Waals surface area contributed by atoms with Gasteiger partial charge in [0, 0.05) is 29.7 Å². The van der Waals surface area contributed by atoms with Crippen molar-refractivity contribution >= 4 is 22.9 Å². The van der Waals surface area contributed by atoms with E-state index < -0.39 is 0 Å². The number of methoxy groups -OCH3 is 1. The molecule has 1 N–H and O–H groups in total. The molecule has 2 aromatic rings. The molecule has 4 heteroatoms. The predicted octanol–water partition coefficient (Wildman–Crippen LogP) is 4.63. The molecule has 0 amide bonds. The maximum atomic E-state index is 12.5. The van der Waals surface area contributed by atoms with Crippen LogP contribution in [0.15, 0.2) is 36.4 Å². The second kappa shape index (κ2) is 7.92. The first-order valence-electron chi connectivity index (χ1n) is 9.28. The molecular weight excluding hydrogens is 324 g/mol. The maximum absolute atomic E-state index is 12.5. The van der Waals surface area contributed by atoms with Gasteiger partial charge in [0.25, 0.3) is 0 Å². The van der Waals surface area contributed by atoms with Crippen molar-refractivity contribution < 1.29 is 9.53 Å². The normalized spacial score (nSPS) is 20.9. The van der Waals surface area contributed by atoms with E-state index in [-0.39, 0.29) is 11.9 Å². The quantitative estimate of drug-likeness (QED) is 0.647. The van der Waals surface area contributed by atoms with Crippen LogP contribution >= 0.6 is 0 Å². The van der Waals surface area contributed by atoms with Gasteiger partial charge in [-0.1, -0.05) is 37.3 Å². The Kier molecular flexibility index (Phi) is 5.62. The summed E-state index contributed by atoms with van der Waals surface area (Å²) in [5.74, 6) is -0.438. The van der Waals surface area contributed by atoms with Crippen LogP contribution in [0.5, 0.6) is 0 Å². The number of rotatable bonds is 3. The van der Waals surface area contributed by atoms with Gasteiger partial charge in [0.15, 0.2) is 0 Å². The first-order valence-corrected chi connectivity index (χ1v) is 9.28. The summed E-state index contributed by atoms with van der Waals surface area (Å²) in [5, 5.41) is 1.17. The zero-order valence-electron chi connectivity index (χ0n) is 16.0. The predicted molar refractivity (Wildman–Crippen MR) is 107 cm³/mol. The number of allylic oxidation sites excluding steroid dienone is 1. The van der Waals surface area contributed by atoms with E-state index in [1.165, 1.54) is 23.6 Å². The van der Waals surface area contributed by atoms with E-state index in [1.807, 2.05) is 12.1 Å². The minimum absolute atomic E-state index is 0.170. The van der Waals surface area contributed by atoms with Crippen LogP contribution in [-0.2, 0) is 16.1 Å². The highest BCUT2D eigenvalue weighted by Gasteiger charge is 2.28. The van der Waals surface area contributed by atoms with Gasteiger partial charge in [-0.25, -0.2) is 0 Å². The van der Waals surface area contributed by atoms with Crippen molar-refractivity contribution in [3.8, 4) is 0 Å². The SMILES string of the molecule is C=Cc1ccc2[nH]c3c(c2c1)CN(C)C/C(CC)=C\CCC3C(=O)OC. The summed E-state index contributed by atoms with van der Waals surface area (Å²) < 4.78 is 5.13. The number of likely N-dealkylation sites (N-methyl/N-ethyl adjacent to an activating group) is 1. The van der Waals surface area contributed by atoms with Crippen molar-refractivity contribution in [1.82, 2.24) is 9.88 Å². The van der Waals surface area contributed by atoms with E-state index in [0.717, 1.165) is 49.1 Å². The highest BCUT2D eigenvalue weighted by molar-refractivity contribution is 5.89. The van der Waals surface area contributed by atoms with Crippen molar-refractivity contribution in [1.29, 1.82) is 0 Å². The van der Waals surface area contributed by atoms with Crippen LogP contribution in [0.4, 0.5) is 0 Å². The van der Waals surface area contributed by atoms with E-state index in [4.69, 9.17) is 4.74 Å². The number of H-pyrrole nitrogens is 1. The third-order valence-corrected chi connectivity index (χ3v) is 5.28. The fourth-order valence-electron chi connectivity index (χ4n) is 3.85. The maximum Gasteiger partial charge on any atom is 0.314 e. The van der Waals surface area contributed by atoms with Gasteiger partial charge in [0.1, 0.15) is 0 Å². The van der Waals surface area contributed by atoms with Crippen LogP contribution in [0.1, 0.15) is 48.9 Å². The lowest BCUT2D eigenvalue weighted by Crippen LogP contribution is -2.24. The Hall–Kier alpha value is -2.33. The molecule has 1 aliphatic heterocycles. The molecule has 2 heterocycles. The molecule has 0 saturated heterocycles. The number of hydrogen-bond donors (Lipinski definition) is 1. The molecule has 1 atom stereocenters. The molecule has 1 aromatic heterocycles. The number of nitrogens with one attached hydrogen (secondary N) is 1. The smallest absolute Gasteiger partial charge is 0.314 e. The molecule has 1 aromatic carbocycles. The molecule has 4 nitrogen and oxygen atoms in total. The molecule has 0 radical (unpaired) electrons. The molecule has 1 aliphatic rings. The molecule has 26 heavy (non-hydrogen) atoms. The molecule has 0 spiro atoms. The number of benzene rings is 1. The van der Waals surface area contributed by atoms with E-state index in [9.17, 15) is 4.79 Å². The van der Waals surface area contributed by atoms with Gasteiger partial charge in [0.05, 0.1) is 13.0 Å². The minimum atomic E-state index is -0.268. The lowest BCUT2D eigenvalue weighted by Gasteiger charge is -2.23. The molecule has 1 unspecified atom stereocenters. The number of esters is 1. The second-order valence-electron chi connectivity index (χ2n) is 7.07. The molecule has 3 rings (SSSR count). The molecule has 138 valence electrons. The summed E-state index contributed by atoms with van der Waals surface area (Å²) in [4.78, 5) is 18.4. The molecule has 0 aliphatic carbocycles. The fraction of sp³-hybridized carbons (Fsp3) is 0.409. The highest BCUT2D eigenvalue weighted by Crippen LogP contribution is 2.34. The van der Waals surface area contributed by atoms with Gasteiger partial charge >= 0.3 is 5.97 Å². The average Bonchev–Trinajstić information content (AvgIpc) is 3.00. The number of fused-ring (bicyclic) bond motifs is 3. The Morgan fingerprint density at radius 3 is 2.92 bits per heavy atom. The van der Waals surface area contributed by atoms with Gasteiger partial charge in [-0.3, -0.25) is 9.69 Å². The lowest BCUT2D eigenvalue weighted by molar-refractivity contribution is -0.142. The van der Waals surface area contributed by atoms with E-state index in [1.54, 1.807) is 0 Å². The first kappa shape index (κ1) is 18.5. The van der Waals surface area contributed by atoms with Crippen LogP contribution < -0.4 is 0 Å². The van der Waals surface area contributed by atoms with E-state index in [2.05, 4.69) is 48.6 Å². The lowest BCUT2D eigenvalue weighted by atomic mass is 9.93. The number of carbonyl (C=O) groups is 1. The standard InChI is InChI=1S/C22H28N2O2/c1-5-15-10-11-20-18(12-15)19-14-24(3)13-16(6-2)8-7-9-17(21(19)23-20)22(25)26-4/h5,8,10-12,17,23H,1,6-7,9,13-14H2,2-4H3/b16-8-. The number of aromatic amines is 1. The summed E-state index contributed by atoms with van der Waals surface area (Å²) in [6.45, 7) is 7.82. The zero-order chi connectivity index (χ0) is 18.7. The minimum Gasteiger partial charge on any atom is -0.469 e. The Morgan fingerprint density at radius 1 is 1.42 bits per heavy atom. The largest absolute Gasteiger partial charge is 0.469 e. The topological polar surface area (TPSA) is 45.3 Å². The van der Waals surface area contributed by atoms with Crippen molar-refractivity contribution in [3.63, 3.8) is 0 Å². The number of ether oxygens (including phenoxy) is 1. The summed E-state index contributed by atoms with van der Waals surface area (Å²) in [6, 6.07) is 6.27.